The number of fused-ring (bicyclic) bond motifs is 1. The number of benzene rings is 4. The van der Waals surface area contributed by atoms with Gasteiger partial charge in [0.15, 0.2) is 0 Å². The maximum atomic E-state index is 13.4. The SMILES string of the molecule is O=C(NC(c1ccccc1)c1ccccc1)c1ccc2c(c1)CCCN2S(=O)(=O)c1ccc(Cl)cc1. The Morgan fingerprint density at radius 2 is 1.44 bits per heavy atom. The number of aryl methyl sites for hydroxylation is 1. The summed E-state index contributed by atoms with van der Waals surface area (Å²) in [4.78, 5) is 13.6. The summed E-state index contributed by atoms with van der Waals surface area (Å²) >= 11 is 5.94. The van der Waals surface area contributed by atoms with E-state index in [-0.39, 0.29) is 16.8 Å². The summed E-state index contributed by atoms with van der Waals surface area (Å²) in [7, 11) is -3.74. The van der Waals surface area contributed by atoms with Gasteiger partial charge in [0, 0.05) is 17.1 Å². The minimum atomic E-state index is -3.74. The Hall–Kier alpha value is -3.61. The number of rotatable bonds is 6. The fourth-order valence-corrected chi connectivity index (χ4v) is 6.22. The van der Waals surface area contributed by atoms with Gasteiger partial charge in [-0.25, -0.2) is 8.42 Å². The molecule has 182 valence electrons. The molecule has 1 aliphatic heterocycles. The van der Waals surface area contributed by atoms with Gasteiger partial charge >= 0.3 is 0 Å². The third kappa shape index (κ3) is 4.87. The van der Waals surface area contributed by atoms with Gasteiger partial charge in [-0.05, 0) is 72.0 Å². The number of nitrogens with zero attached hydrogens (tertiary/aromatic N) is 1. The van der Waals surface area contributed by atoms with Crippen LogP contribution in [0.25, 0.3) is 0 Å². The first kappa shape index (κ1) is 24.1. The Kier molecular flexibility index (Phi) is 6.81. The third-order valence-electron chi connectivity index (χ3n) is 6.36. The first-order chi connectivity index (χ1) is 17.4. The monoisotopic (exact) mass is 516 g/mol. The van der Waals surface area contributed by atoms with Gasteiger partial charge in [0.2, 0.25) is 0 Å². The predicted octanol–water partition coefficient (Wildman–Crippen LogP) is 6.00. The van der Waals surface area contributed by atoms with Crippen molar-refractivity contribution in [1.82, 2.24) is 5.32 Å². The second-order valence-electron chi connectivity index (χ2n) is 8.71. The molecule has 0 fully saturated rings. The third-order valence-corrected chi connectivity index (χ3v) is 8.44. The first-order valence-corrected chi connectivity index (χ1v) is 13.6. The van der Waals surface area contributed by atoms with Gasteiger partial charge in [-0.3, -0.25) is 9.10 Å². The van der Waals surface area contributed by atoms with Crippen molar-refractivity contribution in [2.45, 2.75) is 23.8 Å². The molecule has 0 spiro atoms. The fourth-order valence-electron chi connectivity index (χ4n) is 4.55. The Balaban J connectivity index is 1.43. The molecule has 0 unspecified atom stereocenters. The number of anilines is 1. The number of halogens is 1. The molecule has 7 heteroatoms. The molecule has 0 saturated heterocycles. The topological polar surface area (TPSA) is 66.5 Å². The van der Waals surface area contributed by atoms with Crippen molar-refractivity contribution in [2.24, 2.45) is 0 Å². The summed E-state index contributed by atoms with van der Waals surface area (Å²) in [6, 6.07) is 30.8. The van der Waals surface area contributed by atoms with E-state index in [2.05, 4.69) is 5.32 Å². The summed E-state index contributed by atoms with van der Waals surface area (Å²) in [5.74, 6) is -0.215. The summed E-state index contributed by atoms with van der Waals surface area (Å²) < 4.78 is 28.1. The predicted molar refractivity (Wildman–Crippen MR) is 143 cm³/mol. The summed E-state index contributed by atoms with van der Waals surface area (Å²) in [5, 5.41) is 3.64. The van der Waals surface area contributed by atoms with Crippen LogP contribution in [0.1, 0.15) is 39.5 Å². The van der Waals surface area contributed by atoms with E-state index in [4.69, 9.17) is 11.6 Å². The number of carbonyl (C=O) groups is 1. The highest BCUT2D eigenvalue weighted by Gasteiger charge is 2.30. The normalized spacial score (nSPS) is 13.3. The zero-order chi connectivity index (χ0) is 25.1. The molecular weight excluding hydrogens is 492 g/mol. The van der Waals surface area contributed by atoms with Gasteiger partial charge in [0.25, 0.3) is 15.9 Å². The largest absolute Gasteiger partial charge is 0.341 e. The molecule has 4 aromatic rings. The van der Waals surface area contributed by atoms with Crippen LogP contribution < -0.4 is 9.62 Å². The Morgan fingerprint density at radius 3 is 2.06 bits per heavy atom. The van der Waals surface area contributed by atoms with Crippen molar-refractivity contribution in [3.05, 3.63) is 130 Å². The average molecular weight is 517 g/mol. The molecule has 5 nitrogen and oxygen atoms in total. The summed E-state index contributed by atoms with van der Waals surface area (Å²) in [6.45, 7) is 0.383. The highest BCUT2D eigenvalue weighted by atomic mass is 35.5. The molecule has 0 radical (unpaired) electrons. The second kappa shape index (κ2) is 10.2. The van der Waals surface area contributed by atoms with Crippen LogP contribution >= 0.6 is 11.6 Å². The minimum absolute atomic E-state index is 0.190. The van der Waals surface area contributed by atoms with E-state index >= 15 is 0 Å². The van der Waals surface area contributed by atoms with Crippen LogP contribution in [-0.4, -0.2) is 20.9 Å². The van der Waals surface area contributed by atoms with Crippen molar-refractivity contribution in [3.8, 4) is 0 Å². The molecule has 0 aliphatic carbocycles. The van der Waals surface area contributed by atoms with Crippen molar-refractivity contribution in [3.63, 3.8) is 0 Å². The van der Waals surface area contributed by atoms with E-state index in [0.29, 0.717) is 35.7 Å². The lowest BCUT2D eigenvalue weighted by Gasteiger charge is -2.31. The molecule has 0 aromatic heterocycles. The molecule has 0 bridgehead atoms. The lowest BCUT2D eigenvalue weighted by molar-refractivity contribution is 0.0943. The molecule has 5 rings (SSSR count). The molecule has 4 aromatic carbocycles. The Morgan fingerprint density at radius 1 is 0.833 bits per heavy atom. The zero-order valence-corrected chi connectivity index (χ0v) is 21.0. The molecule has 1 amide bonds. The van der Waals surface area contributed by atoms with Crippen LogP contribution in [0.3, 0.4) is 0 Å². The maximum absolute atomic E-state index is 13.4. The number of sulfonamides is 1. The number of amides is 1. The van der Waals surface area contributed by atoms with Gasteiger partial charge in [0.1, 0.15) is 0 Å². The van der Waals surface area contributed by atoms with Crippen LogP contribution in [0.2, 0.25) is 5.02 Å². The van der Waals surface area contributed by atoms with E-state index in [1.807, 2.05) is 60.7 Å². The lowest BCUT2D eigenvalue weighted by atomic mass is 9.97. The summed E-state index contributed by atoms with van der Waals surface area (Å²) in [5.41, 5.74) is 3.90. The van der Waals surface area contributed by atoms with Crippen LogP contribution in [0, 0.1) is 0 Å². The number of hydrogen-bond acceptors (Lipinski definition) is 3. The van der Waals surface area contributed by atoms with Crippen molar-refractivity contribution in [2.75, 3.05) is 10.8 Å². The standard InChI is InChI=1S/C29H25ClN2O3S/c30-25-14-16-26(17-15-25)36(34,35)32-19-7-12-23-20-24(13-18-27(23)32)29(33)31-28(21-8-3-1-4-9-21)22-10-5-2-6-11-22/h1-6,8-11,13-18,20,28H,7,12,19H2,(H,31,33). The van der Waals surface area contributed by atoms with E-state index in [1.165, 1.54) is 16.4 Å². The van der Waals surface area contributed by atoms with Crippen LogP contribution in [0.5, 0.6) is 0 Å². The van der Waals surface area contributed by atoms with Crippen molar-refractivity contribution in [1.29, 1.82) is 0 Å². The maximum Gasteiger partial charge on any atom is 0.264 e. The van der Waals surface area contributed by atoms with Gasteiger partial charge in [0.05, 0.1) is 16.6 Å². The van der Waals surface area contributed by atoms with Crippen molar-refractivity contribution >= 4 is 33.2 Å². The first-order valence-electron chi connectivity index (χ1n) is 11.8. The van der Waals surface area contributed by atoms with E-state index in [0.717, 1.165) is 16.7 Å². The molecule has 1 heterocycles. The summed E-state index contributed by atoms with van der Waals surface area (Å²) in [6.07, 6.45) is 1.37. The highest BCUT2D eigenvalue weighted by Crippen LogP contribution is 2.33. The number of carbonyl (C=O) groups excluding carboxylic acids is 1. The van der Waals surface area contributed by atoms with Crippen LogP contribution in [0.15, 0.2) is 108 Å². The van der Waals surface area contributed by atoms with Gasteiger partial charge in [-0.2, -0.15) is 0 Å². The molecule has 36 heavy (non-hydrogen) atoms. The smallest absolute Gasteiger partial charge is 0.264 e. The van der Waals surface area contributed by atoms with E-state index < -0.39 is 10.0 Å². The fraction of sp³-hybridized carbons (Fsp3) is 0.138. The van der Waals surface area contributed by atoms with Crippen molar-refractivity contribution < 1.29 is 13.2 Å². The molecule has 0 atom stereocenters. The Labute approximate surface area is 216 Å². The molecule has 0 saturated carbocycles. The van der Waals surface area contributed by atoms with Gasteiger partial charge in [-0.15, -0.1) is 0 Å². The highest BCUT2D eigenvalue weighted by molar-refractivity contribution is 7.92. The number of hydrogen-bond donors (Lipinski definition) is 1. The second-order valence-corrected chi connectivity index (χ2v) is 11.0. The molecule has 1 aliphatic rings. The quantitative estimate of drug-likeness (QED) is 0.342. The lowest BCUT2D eigenvalue weighted by Crippen LogP contribution is -2.36. The average Bonchev–Trinajstić information content (AvgIpc) is 2.92. The Bertz CT molecular complexity index is 1430. The van der Waals surface area contributed by atoms with E-state index in [9.17, 15) is 13.2 Å². The van der Waals surface area contributed by atoms with Crippen LogP contribution in [-0.2, 0) is 16.4 Å². The zero-order valence-electron chi connectivity index (χ0n) is 19.5. The number of nitrogens with one attached hydrogen (secondary N) is 1. The van der Waals surface area contributed by atoms with Gasteiger partial charge < -0.3 is 5.32 Å². The minimum Gasteiger partial charge on any atom is -0.341 e. The molecule has 1 N–H and O–H groups in total. The van der Waals surface area contributed by atoms with Gasteiger partial charge in [-0.1, -0.05) is 72.3 Å². The van der Waals surface area contributed by atoms with E-state index in [1.54, 1.807) is 30.3 Å². The molecular formula is C29H25ClN2O3S. The van der Waals surface area contributed by atoms with Crippen LogP contribution in [0.4, 0.5) is 5.69 Å².